The summed E-state index contributed by atoms with van der Waals surface area (Å²) < 4.78 is 0. The van der Waals surface area contributed by atoms with E-state index in [1.165, 1.54) is 0 Å². The summed E-state index contributed by atoms with van der Waals surface area (Å²) >= 11 is 5.49. The van der Waals surface area contributed by atoms with Gasteiger partial charge >= 0.3 is 5.97 Å². The molecule has 2 nitrogen and oxygen atoms in total. The van der Waals surface area contributed by atoms with E-state index in [9.17, 15) is 4.79 Å². The molecule has 0 amide bonds. The normalized spacial score (nSPS) is 9.20. The third-order valence-corrected chi connectivity index (χ3v) is 2.10. The summed E-state index contributed by atoms with van der Waals surface area (Å²) in [4.78, 5) is 10.7. The Hall–Kier alpha value is -1.46. The number of hydrogen-bond acceptors (Lipinski definition) is 1. The Morgan fingerprint density at radius 2 is 2.27 bits per heavy atom. The average molecular weight is 223 g/mol. The summed E-state index contributed by atoms with van der Waals surface area (Å²) in [5, 5.41) is 8.82. The fraction of sp³-hybridized carbons (Fsp3) is 0.250. The van der Waals surface area contributed by atoms with Crippen molar-refractivity contribution in [2.45, 2.75) is 13.3 Å². The van der Waals surface area contributed by atoms with Crippen molar-refractivity contribution in [3.8, 4) is 11.8 Å². The third-order valence-electron chi connectivity index (χ3n) is 1.91. The van der Waals surface area contributed by atoms with E-state index in [0.29, 0.717) is 17.9 Å². The Balaban J connectivity index is 2.93. The van der Waals surface area contributed by atoms with Crippen LogP contribution in [0.5, 0.6) is 0 Å². The van der Waals surface area contributed by atoms with Gasteiger partial charge in [-0.15, -0.1) is 11.6 Å². The summed E-state index contributed by atoms with van der Waals surface area (Å²) in [6, 6.07) is 5.05. The van der Waals surface area contributed by atoms with E-state index in [-0.39, 0.29) is 0 Å². The van der Waals surface area contributed by atoms with Crippen LogP contribution in [0.25, 0.3) is 0 Å². The number of carbonyl (C=O) groups is 1. The molecule has 15 heavy (non-hydrogen) atoms. The van der Waals surface area contributed by atoms with Crippen molar-refractivity contribution in [1.82, 2.24) is 0 Å². The Bertz CT molecular complexity index is 427. The number of aryl methyl sites for hydroxylation is 1. The molecule has 0 aliphatic heterocycles. The molecule has 1 aromatic carbocycles. The number of halogens is 1. The summed E-state index contributed by atoms with van der Waals surface area (Å²) in [6.45, 7) is 1.76. The molecule has 0 aliphatic carbocycles. The standard InChI is InChI=1S/C12H11ClO2/c1-9-8-10(4-2-3-7-13)5-6-11(9)12(14)15/h5-6,8H,3,7H2,1H3,(H,14,15). The van der Waals surface area contributed by atoms with Crippen molar-refractivity contribution >= 4 is 17.6 Å². The Morgan fingerprint density at radius 3 is 2.80 bits per heavy atom. The summed E-state index contributed by atoms with van der Waals surface area (Å²) in [7, 11) is 0. The maximum Gasteiger partial charge on any atom is 0.335 e. The molecule has 0 heterocycles. The highest BCUT2D eigenvalue weighted by atomic mass is 35.5. The van der Waals surface area contributed by atoms with Crippen LogP contribution in [0.15, 0.2) is 18.2 Å². The highest BCUT2D eigenvalue weighted by Crippen LogP contribution is 2.10. The molecule has 0 fully saturated rings. The second-order valence-corrected chi connectivity index (χ2v) is 3.45. The monoisotopic (exact) mass is 222 g/mol. The number of aromatic carboxylic acids is 1. The molecule has 0 atom stereocenters. The predicted molar refractivity (Wildman–Crippen MR) is 60.4 cm³/mol. The molecule has 78 valence electrons. The van der Waals surface area contributed by atoms with Crippen LogP contribution in [-0.2, 0) is 0 Å². The fourth-order valence-corrected chi connectivity index (χ4v) is 1.29. The first-order valence-electron chi connectivity index (χ1n) is 4.54. The zero-order valence-corrected chi connectivity index (χ0v) is 9.14. The van der Waals surface area contributed by atoms with Gasteiger partial charge in [0, 0.05) is 17.9 Å². The van der Waals surface area contributed by atoms with Gasteiger partial charge in [-0.05, 0) is 30.7 Å². The SMILES string of the molecule is Cc1cc(C#CCCCl)ccc1C(=O)O. The minimum atomic E-state index is -0.909. The van der Waals surface area contributed by atoms with E-state index in [4.69, 9.17) is 16.7 Å². The summed E-state index contributed by atoms with van der Waals surface area (Å²) in [5.41, 5.74) is 1.86. The first kappa shape index (κ1) is 11.6. The van der Waals surface area contributed by atoms with Crippen LogP contribution in [0.4, 0.5) is 0 Å². The van der Waals surface area contributed by atoms with E-state index >= 15 is 0 Å². The lowest BCUT2D eigenvalue weighted by atomic mass is 10.1. The van der Waals surface area contributed by atoms with Crippen molar-refractivity contribution in [2.75, 3.05) is 5.88 Å². The van der Waals surface area contributed by atoms with Gasteiger partial charge in [0.15, 0.2) is 0 Å². The van der Waals surface area contributed by atoms with E-state index in [1.807, 2.05) is 0 Å². The van der Waals surface area contributed by atoms with Crippen LogP contribution >= 0.6 is 11.6 Å². The Labute approximate surface area is 93.9 Å². The topological polar surface area (TPSA) is 37.3 Å². The molecule has 1 aromatic rings. The van der Waals surface area contributed by atoms with E-state index in [1.54, 1.807) is 25.1 Å². The van der Waals surface area contributed by atoms with Crippen LogP contribution in [0.1, 0.15) is 27.9 Å². The van der Waals surface area contributed by atoms with Crippen molar-refractivity contribution < 1.29 is 9.90 Å². The van der Waals surface area contributed by atoms with Crippen LogP contribution < -0.4 is 0 Å². The van der Waals surface area contributed by atoms with Gasteiger partial charge in [0.1, 0.15) is 0 Å². The van der Waals surface area contributed by atoms with Gasteiger partial charge in [-0.2, -0.15) is 0 Å². The molecular formula is C12H11ClO2. The van der Waals surface area contributed by atoms with E-state index in [2.05, 4.69) is 11.8 Å². The van der Waals surface area contributed by atoms with Gasteiger partial charge in [0.25, 0.3) is 0 Å². The summed E-state index contributed by atoms with van der Waals surface area (Å²) in [5.74, 6) is 5.43. The number of alkyl halides is 1. The van der Waals surface area contributed by atoms with Crippen molar-refractivity contribution in [1.29, 1.82) is 0 Å². The molecule has 0 saturated carbocycles. The van der Waals surface area contributed by atoms with Gasteiger partial charge in [0.2, 0.25) is 0 Å². The third kappa shape index (κ3) is 3.30. The quantitative estimate of drug-likeness (QED) is 0.617. The molecule has 1 N–H and O–H groups in total. The highest BCUT2D eigenvalue weighted by Gasteiger charge is 2.05. The van der Waals surface area contributed by atoms with Crippen LogP contribution in [0, 0.1) is 18.8 Å². The molecule has 3 heteroatoms. The molecule has 0 aliphatic rings. The van der Waals surface area contributed by atoms with Crippen LogP contribution in [0.2, 0.25) is 0 Å². The van der Waals surface area contributed by atoms with E-state index < -0.39 is 5.97 Å². The molecular weight excluding hydrogens is 212 g/mol. The number of carboxylic acid groups (broad SMARTS) is 1. The minimum Gasteiger partial charge on any atom is -0.478 e. The van der Waals surface area contributed by atoms with Crippen molar-refractivity contribution in [2.24, 2.45) is 0 Å². The van der Waals surface area contributed by atoms with Gasteiger partial charge in [0.05, 0.1) is 5.56 Å². The lowest BCUT2D eigenvalue weighted by molar-refractivity contribution is 0.0696. The van der Waals surface area contributed by atoms with Gasteiger partial charge in [-0.25, -0.2) is 4.79 Å². The molecule has 0 saturated heterocycles. The number of hydrogen-bond donors (Lipinski definition) is 1. The lowest BCUT2D eigenvalue weighted by Crippen LogP contribution is -1.99. The Morgan fingerprint density at radius 1 is 1.53 bits per heavy atom. The number of rotatable bonds is 2. The molecule has 0 bridgehead atoms. The second-order valence-electron chi connectivity index (χ2n) is 3.08. The summed E-state index contributed by atoms with van der Waals surface area (Å²) in [6.07, 6.45) is 0.640. The molecule has 0 spiro atoms. The second kappa shape index (κ2) is 5.43. The zero-order chi connectivity index (χ0) is 11.3. The maximum atomic E-state index is 10.7. The highest BCUT2D eigenvalue weighted by molar-refractivity contribution is 6.18. The molecule has 0 radical (unpaired) electrons. The van der Waals surface area contributed by atoms with Crippen molar-refractivity contribution in [3.05, 3.63) is 34.9 Å². The van der Waals surface area contributed by atoms with Crippen LogP contribution in [0.3, 0.4) is 0 Å². The lowest BCUT2D eigenvalue weighted by Gasteiger charge is -2.00. The number of benzene rings is 1. The van der Waals surface area contributed by atoms with E-state index in [0.717, 1.165) is 11.1 Å². The zero-order valence-electron chi connectivity index (χ0n) is 8.38. The molecule has 0 aromatic heterocycles. The fourth-order valence-electron chi connectivity index (χ4n) is 1.19. The minimum absolute atomic E-state index is 0.317. The first-order valence-corrected chi connectivity index (χ1v) is 5.07. The van der Waals surface area contributed by atoms with Gasteiger partial charge in [-0.1, -0.05) is 11.8 Å². The van der Waals surface area contributed by atoms with Gasteiger partial charge < -0.3 is 5.11 Å². The van der Waals surface area contributed by atoms with Crippen LogP contribution in [-0.4, -0.2) is 17.0 Å². The smallest absolute Gasteiger partial charge is 0.335 e. The largest absolute Gasteiger partial charge is 0.478 e. The first-order chi connectivity index (χ1) is 7.15. The molecule has 1 rings (SSSR count). The van der Waals surface area contributed by atoms with Gasteiger partial charge in [-0.3, -0.25) is 0 Å². The van der Waals surface area contributed by atoms with Crippen molar-refractivity contribution in [3.63, 3.8) is 0 Å². The predicted octanol–water partition coefficient (Wildman–Crippen LogP) is 2.67. The average Bonchev–Trinajstić information content (AvgIpc) is 2.17. The maximum absolute atomic E-state index is 10.7. The Kier molecular flexibility index (Phi) is 4.20. The number of carboxylic acids is 1. The molecule has 0 unspecified atom stereocenters.